The van der Waals surface area contributed by atoms with Crippen LogP contribution in [0.2, 0.25) is 0 Å². The Labute approximate surface area is 172 Å². The second kappa shape index (κ2) is 9.68. The molecule has 2 aromatic rings. The van der Waals surface area contributed by atoms with Crippen molar-refractivity contribution in [1.29, 1.82) is 0 Å². The number of amides is 1. The summed E-state index contributed by atoms with van der Waals surface area (Å²) in [5.41, 5.74) is 0.712. The molecule has 9 heteroatoms. The van der Waals surface area contributed by atoms with Gasteiger partial charge in [0.05, 0.1) is 10.3 Å². The fraction of sp³-hybridized carbons (Fsp3) is 0.333. The number of sulfonamides is 1. The van der Waals surface area contributed by atoms with Gasteiger partial charge in [0, 0.05) is 29.4 Å². The molecule has 1 N–H and O–H groups in total. The molecule has 0 unspecified atom stereocenters. The summed E-state index contributed by atoms with van der Waals surface area (Å²) in [6.07, 6.45) is 1.34. The van der Waals surface area contributed by atoms with E-state index < -0.39 is 10.0 Å². The van der Waals surface area contributed by atoms with E-state index in [0.717, 1.165) is 4.47 Å². The molecule has 0 aliphatic heterocycles. The Balaban J connectivity index is 2.03. The number of thioether (sulfide) groups is 1. The molecule has 2 rings (SSSR count). The molecule has 0 fully saturated rings. The first-order valence-corrected chi connectivity index (χ1v) is 11.6. The molecule has 0 aliphatic carbocycles. The number of nitrogens with zero attached hydrogens (tertiary/aromatic N) is 2. The van der Waals surface area contributed by atoms with Crippen LogP contribution >= 0.6 is 27.7 Å². The average Bonchev–Trinajstić information content (AvgIpc) is 2.64. The van der Waals surface area contributed by atoms with Gasteiger partial charge in [-0.25, -0.2) is 13.4 Å². The minimum absolute atomic E-state index is 0.149. The molecule has 1 aromatic carbocycles. The van der Waals surface area contributed by atoms with E-state index in [2.05, 4.69) is 26.2 Å². The molecule has 1 amide bonds. The second-order valence-electron chi connectivity index (χ2n) is 5.68. The molecule has 6 nitrogen and oxygen atoms in total. The van der Waals surface area contributed by atoms with Crippen LogP contribution in [0.5, 0.6) is 0 Å². The molecule has 0 saturated heterocycles. The van der Waals surface area contributed by atoms with Crippen molar-refractivity contribution in [2.45, 2.75) is 35.9 Å². The van der Waals surface area contributed by atoms with Crippen molar-refractivity contribution >= 4 is 49.3 Å². The van der Waals surface area contributed by atoms with Gasteiger partial charge >= 0.3 is 0 Å². The number of carbonyl (C=O) groups excluding carboxylic acids is 1. The molecule has 1 heterocycles. The predicted octanol–water partition coefficient (Wildman–Crippen LogP) is 3.99. The normalized spacial score (nSPS) is 12.8. The highest BCUT2D eigenvalue weighted by Gasteiger charge is 2.22. The van der Waals surface area contributed by atoms with E-state index in [1.165, 1.54) is 28.3 Å². The van der Waals surface area contributed by atoms with Gasteiger partial charge in [0.15, 0.2) is 0 Å². The lowest BCUT2D eigenvalue weighted by atomic mass is 10.3. The standard InChI is InChI=1S/C18H22BrN3O3S2/c1-4-22(5-2)27(24,25)16-10-11-17(20-12-16)26-13(3)18(23)21-15-8-6-14(19)7-9-15/h6-13H,4-5H2,1-3H3,(H,21,23)/t13-/m0/s1. The van der Waals surface area contributed by atoms with Gasteiger partial charge in [-0.1, -0.05) is 41.5 Å². The number of hydrogen-bond acceptors (Lipinski definition) is 5. The maximum atomic E-state index is 12.5. The van der Waals surface area contributed by atoms with Crippen molar-refractivity contribution in [2.24, 2.45) is 0 Å². The quantitative estimate of drug-likeness (QED) is 0.588. The highest BCUT2D eigenvalue weighted by molar-refractivity contribution is 9.10. The van der Waals surface area contributed by atoms with Crippen molar-refractivity contribution in [1.82, 2.24) is 9.29 Å². The number of carbonyl (C=O) groups is 1. The Morgan fingerprint density at radius 1 is 1.19 bits per heavy atom. The predicted molar refractivity (Wildman–Crippen MR) is 112 cm³/mol. The number of benzene rings is 1. The summed E-state index contributed by atoms with van der Waals surface area (Å²) < 4.78 is 27.3. The lowest BCUT2D eigenvalue weighted by molar-refractivity contribution is -0.115. The first-order valence-electron chi connectivity index (χ1n) is 8.47. The van der Waals surface area contributed by atoms with Crippen LogP contribution in [0.25, 0.3) is 0 Å². The van der Waals surface area contributed by atoms with E-state index in [1.807, 2.05) is 24.3 Å². The summed E-state index contributed by atoms with van der Waals surface area (Å²) in [6, 6.07) is 10.5. The van der Waals surface area contributed by atoms with Crippen LogP contribution in [-0.4, -0.2) is 42.0 Å². The summed E-state index contributed by atoms with van der Waals surface area (Å²) in [4.78, 5) is 16.7. The molecule has 27 heavy (non-hydrogen) atoms. The average molecular weight is 472 g/mol. The van der Waals surface area contributed by atoms with Crippen molar-refractivity contribution < 1.29 is 13.2 Å². The molecule has 0 bridgehead atoms. The topological polar surface area (TPSA) is 79.4 Å². The molecule has 0 spiro atoms. The maximum absolute atomic E-state index is 12.5. The Kier molecular flexibility index (Phi) is 7.84. The van der Waals surface area contributed by atoms with Gasteiger partial charge in [-0.3, -0.25) is 4.79 Å². The number of halogens is 1. The van der Waals surface area contributed by atoms with E-state index in [1.54, 1.807) is 26.8 Å². The van der Waals surface area contributed by atoms with E-state index in [4.69, 9.17) is 0 Å². The van der Waals surface area contributed by atoms with Crippen molar-refractivity contribution in [3.05, 3.63) is 47.1 Å². The highest BCUT2D eigenvalue weighted by Crippen LogP contribution is 2.24. The van der Waals surface area contributed by atoms with Crippen LogP contribution in [0.1, 0.15) is 20.8 Å². The van der Waals surface area contributed by atoms with Crippen LogP contribution in [0.4, 0.5) is 5.69 Å². The third-order valence-corrected chi connectivity index (χ3v) is 7.44. The van der Waals surface area contributed by atoms with Gasteiger partial charge < -0.3 is 5.32 Å². The van der Waals surface area contributed by atoms with Gasteiger partial charge in [-0.05, 0) is 43.3 Å². The van der Waals surface area contributed by atoms with E-state index >= 15 is 0 Å². The van der Waals surface area contributed by atoms with E-state index in [0.29, 0.717) is 23.8 Å². The number of nitrogens with one attached hydrogen (secondary N) is 1. The first kappa shape index (κ1) is 21.9. The van der Waals surface area contributed by atoms with Gasteiger partial charge in [-0.15, -0.1) is 0 Å². The number of aromatic nitrogens is 1. The van der Waals surface area contributed by atoms with Crippen molar-refractivity contribution in [2.75, 3.05) is 18.4 Å². The Morgan fingerprint density at radius 2 is 1.81 bits per heavy atom. The summed E-state index contributed by atoms with van der Waals surface area (Å²) in [5.74, 6) is -0.149. The third-order valence-electron chi connectivity index (χ3n) is 3.83. The first-order chi connectivity index (χ1) is 12.8. The fourth-order valence-corrected chi connectivity index (χ4v) is 4.77. The highest BCUT2D eigenvalue weighted by atomic mass is 79.9. The Morgan fingerprint density at radius 3 is 2.33 bits per heavy atom. The molecular weight excluding hydrogens is 450 g/mol. The molecule has 1 aromatic heterocycles. The third kappa shape index (κ3) is 5.78. The number of rotatable bonds is 8. The maximum Gasteiger partial charge on any atom is 0.244 e. The Hall–Kier alpha value is -1.42. The lowest BCUT2D eigenvalue weighted by Crippen LogP contribution is -2.30. The molecule has 146 valence electrons. The van der Waals surface area contributed by atoms with Gasteiger partial charge in [0.2, 0.25) is 15.9 Å². The molecule has 1 atom stereocenters. The monoisotopic (exact) mass is 471 g/mol. The summed E-state index contributed by atoms with van der Waals surface area (Å²) in [6.45, 7) is 6.18. The number of anilines is 1. The molecule has 0 aliphatic rings. The summed E-state index contributed by atoms with van der Waals surface area (Å²) >= 11 is 4.62. The fourth-order valence-electron chi connectivity index (χ4n) is 2.31. The van der Waals surface area contributed by atoms with E-state index in [-0.39, 0.29) is 16.1 Å². The number of pyridine rings is 1. The van der Waals surface area contributed by atoms with Crippen LogP contribution < -0.4 is 5.32 Å². The van der Waals surface area contributed by atoms with Crippen LogP contribution in [0.15, 0.2) is 57.0 Å². The van der Waals surface area contributed by atoms with Gasteiger partial charge in [0.1, 0.15) is 4.90 Å². The number of hydrogen-bond donors (Lipinski definition) is 1. The molecule has 0 saturated carbocycles. The molecule has 0 radical (unpaired) electrons. The van der Waals surface area contributed by atoms with Crippen LogP contribution in [0, 0.1) is 0 Å². The van der Waals surface area contributed by atoms with Crippen LogP contribution in [-0.2, 0) is 14.8 Å². The van der Waals surface area contributed by atoms with Crippen molar-refractivity contribution in [3.8, 4) is 0 Å². The SMILES string of the molecule is CCN(CC)S(=O)(=O)c1ccc(S[C@@H](C)C(=O)Nc2ccc(Br)cc2)nc1. The Bertz CT molecular complexity index is 868. The zero-order chi connectivity index (χ0) is 20.0. The smallest absolute Gasteiger partial charge is 0.244 e. The molecular formula is C18H22BrN3O3S2. The zero-order valence-electron chi connectivity index (χ0n) is 15.3. The van der Waals surface area contributed by atoms with Gasteiger partial charge in [-0.2, -0.15) is 4.31 Å². The second-order valence-corrected chi connectivity index (χ2v) is 9.89. The van der Waals surface area contributed by atoms with Crippen molar-refractivity contribution in [3.63, 3.8) is 0 Å². The van der Waals surface area contributed by atoms with E-state index in [9.17, 15) is 13.2 Å². The van der Waals surface area contributed by atoms with Crippen LogP contribution in [0.3, 0.4) is 0 Å². The lowest BCUT2D eigenvalue weighted by Gasteiger charge is -2.18. The summed E-state index contributed by atoms with van der Waals surface area (Å²) in [5, 5.41) is 3.05. The largest absolute Gasteiger partial charge is 0.325 e. The minimum Gasteiger partial charge on any atom is -0.325 e. The minimum atomic E-state index is -3.53. The zero-order valence-corrected chi connectivity index (χ0v) is 18.6. The summed E-state index contributed by atoms with van der Waals surface area (Å²) in [7, 11) is -3.53. The van der Waals surface area contributed by atoms with Gasteiger partial charge in [0.25, 0.3) is 0 Å².